The van der Waals surface area contributed by atoms with Crippen molar-refractivity contribution in [3.05, 3.63) is 23.2 Å². The van der Waals surface area contributed by atoms with Gasteiger partial charge in [0.15, 0.2) is 17.8 Å². The van der Waals surface area contributed by atoms with Gasteiger partial charge < -0.3 is 14.4 Å². The topological polar surface area (TPSA) is 75.8 Å². The van der Waals surface area contributed by atoms with Crippen molar-refractivity contribution in [3.63, 3.8) is 0 Å². The maximum atomic E-state index is 11.8. The summed E-state index contributed by atoms with van der Waals surface area (Å²) in [5, 5.41) is 13.6. The second-order valence-corrected chi connectivity index (χ2v) is 3.54. The molecule has 1 aromatic rings. The van der Waals surface area contributed by atoms with Crippen LogP contribution in [0.5, 0.6) is 0 Å². The van der Waals surface area contributed by atoms with Gasteiger partial charge in [-0.1, -0.05) is 5.16 Å². The predicted molar refractivity (Wildman–Crippen MR) is 54.4 cm³/mol. The SMILES string of the molecule is COC1=C(C)C(=O)N(c2cc(C)on2)C1O. The van der Waals surface area contributed by atoms with Crippen LogP contribution in [0.1, 0.15) is 12.7 Å². The summed E-state index contributed by atoms with van der Waals surface area (Å²) in [5.74, 6) is 0.753. The van der Waals surface area contributed by atoms with E-state index >= 15 is 0 Å². The van der Waals surface area contributed by atoms with Crippen molar-refractivity contribution in [1.82, 2.24) is 5.16 Å². The summed E-state index contributed by atoms with van der Waals surface area (Å²) < 4.78 is 9.84. The minimum Gasteiger partial charge on any atom is -0.496 e. The minimum absolute atomic E-state index is 0.241. The zero-order valence-electron chi connectivity index (χ0n) is 9.22. The Morgan fingerprint density at radius 2 is 2.25 bits per heavy atom. The first kappa shape index (κ1) is 10.7. The van der Waals surface area contributed by atoms with Crippen molar-refractivity contribution in [3.8, 4) is 0 Å². The molecule has 0 aromatic carbocycles. The van der Waals surface area contributed by atoms with Gasteiger partial charge in [-0.2, -0.15) is 0 Å². The smallest absolute Gasteiger partial charge is 0.261 e. The van der Waals surface area contributed by atoms with Crippen LogP contribution < -0.4 is 4.90 Å². The van der Waals surface area contributed by atoms with Crippen LogP contribution in [0.4, 0.5) is 5.82 Å². The van der Waals surface area contributed by atoms with Gasteiger partial charge in [-0.05, 0) is 13.8 Å². The van der Waals surface area contributed by atoms with Crippen LogP contribution in [0, 0.1) is 6.92 Å². The van der Waals surface area contributed by atoms with Crippen molar-refractivity contribution in [2.24, 2.45) is 0 Å². The second-order valence-electron chi connectivity index (χ2n) is 3.54. The number of aliphatic hydroxyl groups excluding tert-OH is 1. The summed E-state index contributed by atoms with van der Waals surface area (Å²) in [4.78, 5) is 13.0. The van der Waals surface area contributed by atoms with Crippen LogP contribution in [-0.2, 0) is 9.53 Å². The molecule has 1 amide bonds. The molecule has 16 heavy (non-hydrogen) atoms. The van der Waals surface area contributed by atoms with E-state index in [1.165, 1.54) is 7.11 Å². The maximum Gasteiger partial charge on any atom is 0.261 e. The quantitative estimate of drug-likeness (QED) is 0.794. The van der Waals surface area contributed by atoms with E-state index in [-0.39, 0.29) is 17.5 Å². The van der Waals surface area contributed by atoms with Crippen LogP contribution in [0.15, 0.2) is 21.9 Å². The van der Waals surface area contributed by atoms with Crippen LogP contribution in [0.25, 0.3) is 0 Å². The molecule has 6 heteroatoms. The van der Waals surface area contributed by atoms with E-state index in [1.807, 2.05) is 0 Å². The maximum absolute atomic E-state index is 11.8. The Hall–Kier alpha value is -1.82. The lowest BCUT2D eigenvalue weighted by atomic mass is 10.3. The Balaban J connectivity index is 2.37. The highest BCUT2D eigenvalue weighted by atomic mass is 16.5. The van der Waals surface area contributed by atoms with Gasteiger partial charge in [0.25, 0.3) is 5.91 Å². The summed E-state index contributed by atoms with van der Waals surface area (Å²) in [6, 6.07) is 1.58. The number of rotatable bonds is 2. The molecule has 1 aliphatic heterocycles. The third kappa shape index (κ3) is 1.38. The zero-order valence-corrected chi connectivity index (χ0v) is 9.22. The second kappa shape index (κ2) is 3.64. The first-order chi connectivity index (χ1) is 7.56. The molecular formula is C10H12N2O4. The summed E-state index contributed by atoms with van der Waals surface area (Å²) in [6.07, 6.45) is -1.14. The molecule has 0 radical (unpaired) electrons. The first-order valence-electron chi connectivity index (χ1n) is 4.76. The number of hydrogen-bond acceptors (Lipinski definition) is 5. The number of nitrogens with zero attached hydrogens (tertiary/aromatic N) is 2. The summed E-state index contributed by atoms with van der Waals surface area (Å²) in [6.45, 7) is 3.30. The summed E-state index contributed by atoms with van der Waals surface area (Å²) >= 11 is 0. The number of aromatic nitrogens is 1. The molecule has 0 saturated heterocycles. The fourth-order valence-corrected chi connectivity index (χ4v) is 1.66. The van der Waals surface area contributed by atoms with Crippen molar-refractivity contribution >= 4 is 11.7 Å². The van der Waals surface area contributed by atoms with Crippen molar-refractivity contribution in [2.45, 2.75) is 20.1 Å². The van der Waals surface area contributed by atoms with Crippen molar-refractivity contribution in [2.75, 3.05) is 12.0 Å². The van der Waals surface area contributed by atoms with Gasteiger partial charge in [-0.3, -0.25) is 9.69 Å². The van der Waals surface area contributed by atoms with Gasteiger partial charge in [0.05, 0.1) is 12.7 Å². The van der Waals surface area contributed by atoms with Gasteiger partial charge in [0, 0.05) is 6.07 Å². The van der Waals surface area contributed by atoms with E-state index in [1.54, 1.807) is 19.9 Å². The number of aryl methyl sites for hydroxylation is 1. The lowest BCUT2D eigenvalue weighted by Crippen LogP contribution is -2.35. The van der Waals surface area contributed by atoms with Gasteiger partial charge in [-0.15, -0.1) is 0 Å². The first-order valence-corrected chi connectivity index (χ1v) is 4.76. The molecule has 1 aromatic heterocycles. The lowest BCUT2D eigenvalue weighted by Gasteiger charge is -2.18. The molecule has 0 spiro atoms. The largest absolute Gasteiger partial charge is 0.496 e. The molecule has 0 aliphatic carbocycles. The minimum atomic E-state index is -1.14. The van der Waals surface area contributed by atoms with E-state index in [4.69, 9.17) is 9.26 Å². The highest BCUT2D eigenvalue weighted by Gasteiger charge is 2.39. The Morgan fingerprint density at radius 3 is 2.69 bits per heavy atom. The molecule has 6 nitrogen and oxygen atoms in total. The van der Waals surface area contributed by atoms with E-state index in [0.29, 0.717) is 11.3 Å². The molecule has 0 bridgehead atoms. The van der Waals surface area contributed by atoms with Crippen LogP contribution in [-0.4, -0.2) is 29.5 Å². The predicted octanol–water partition coefficient (Wildman–Crippen LogP) is 0.568. The third-order valence-corrected chi connectivity index (χ3v) is 2.47. The molecule has 1 unspecified atom stereocenters. The third-order valence-electron chi connectivity index (χ3n) is 2.47. The van der Waals surface area contributed by atoms with E-state index < -0.39 is 6.23 Å². The molecule has 1 N–H and O–H groups in total. The zero-order chi connectivity index (χ0) is 11.9. The number of methoxy groups -OCH3 is 1. The van der Waals surface area contributed by atoms with E-state index in [2.05, 4.69) is 5.16 Å². The summed E-state index contributed by atoms with van der Waals surface area (Å²) in [5.41, 5.74) is 0.371. The number of carbonyl (C=O) groups excluding carboxylic acids is 1. The van der Waals surface area contributed by atoms with Crippen LogP contribution >= 0.6 is 0 Å². The molecule has 0 saturated carbocycles. The normalized spacial score (nSPS) is 20.9. The van der Waals surface area contributed by atoms with Crippen LogP contribution in [0.2, 0.25) is 0 Å². The lowest BCUT2D eigenvalue weighted by molar-refractivity contribution is -0.115. The van der Waals surface area contributed by atoms with Crippen molar-refractivity contribution < 1.29 is 19.2 Å². The van der Waals surface area contributed by atoms with Gasteiger partial charge in [-0.25, -0.2) is 0 Å². The average molecular weight is 224 g/mol. The molecule has 1 aliphatic rings. The average Bonchev–Trinajstić information content (AvgIpc) is 2.73. The molecule has 0 fully saturated rings. The Bertz CT molecular complexity index is 463. The fraction of sp³-hybridized carbons (Fsp3) is 0.400. The monoisotopic (exact) mass is 224 g/mol. The number of amides is 1. The van der Waals surface area contributed by atoms with Crippen LogP contribution in [0.3, 0.4) is 0 Å². The fourth-order valence-electron chi connectivity index (χ4n) is 1.66. The standard InChI is InChI=1S/C10H12N2O4/c1-5-4-7(11-16-5)12-9(13)6(2)8(15-3)10(12)14/h4,10,14H,1-3H3. The molecule has 86 valence electrons. The summed E-state index contributed by atoms with van der Waals surface area (Å²) in [7, 11) is 1.41. The number of hydrogen-bond donors (Lipinski definition) is 1. The van der Waals surface area contributed by atoms with E-state index in [0.717, 1.165) is 4.90 Å². The van der Waals surface area contributed by atoms with Gasteiger partial charge in [0.2, 0.25) is 0 Å². The highest BCUT2D eigenvalue weighted by molar-refractivity contribution is 6.08. The van der Waals surface area contributed by atoms with Gasteiger partial charge >= 0.3 is 0 Å². The highest BCUT2D eigenvalue weighted by Crippen LogP contribution is 2.29. The Kier molecular flexibility index (Phi) is 2.43. The molecular weight excluding hydrogens is 212 g/mol. The molecule has 1 atom stereocenters. The number of ether oxygens (including phenoxy) is 1. The molecule has 2 heterocycles. The molecule has 2 rings (SSSR count). The number of aliphatic hydroxyl groups is 1. The number of carbonyl (C=O) groups is 1. The van der Waals surface area contributed by atoms with E-state index in [9.17, 15) is 9.90 Å². The Labute approximate surface area is 92.1 Å². The van der Waals surface area contributed by atoms with Crippen molar-refractivity contribution in [1.29, 1.82) is 0 Å². The van der Waals surface area contributed by atoms with Gasteiger partial charge in [0.1, 0.15) is 5.76 Å². The Morgan fingerprint density at radius 1 is 1.56 bits per heavy atom. The number of anilines is 1.